The molecule has 2 bridgehead atoms. The van der Waals surface area contributed by atoms with Crippen molar-refractivity contribution >= 4 is 23.4 Å². The molecule has 96 valence electrons. The second-order valence-electron chi connectivity index (χ2n) is 5.24. The van der Waals surface area contributed by atoms with Crippen LogP contribution in [-0.4, -0.2) is 48.5 Å². The number of fused-ring (bicyclic) bond motifs is 2. The molecule has 1 amide bonds. The average Bonchev–Trinajstić information content (AvgIpc) is 3.00. The third kappa shape index (κ3) is 1.99. The fourth-order valence-electron chi connectivity index (χ4n) is 2.72. The molecule has 2 atom stereocenters. The van der Waals surface area contributed by atoms with Crippen molar-refractivity contribution in [1.82, 2.24) is 4.90 Å². The van der Waals surface area contributed by atoms with Crippen LogP contribution in [0.25, 0.3) is 0 Å². The topological polar surface area (TPSA) is 23.6 Å². The molecular formula is C14H18N2OS. The van der Waals surface area contributed by atoms with Crippen LogP contribution in [-0.2, 0) is 0 Å². The Bertz CT molecular complexity index is 457. The Balaban J connectivity index is 1.76. The van der Waals surface area contributed by atoms with Crippen molar-refractivity contribution in [1.29, 1.82) is 0 Å². The minimum absolute atomic E-state index is 0.202. The highest BCUT2D eigenvalue weighted by Crippen LogP contribution is 2.38. The molecule has 2 fully saturated rings. The third-order valence-corrected chi connectivity index (χ3v) is 5.18. The van der Waals surface area contributed by atoms with Gasteiger partial charge in [-0.1, -0.05) is 0 Å². The minimum atomic E-state index is 0.202. The van der Waals surface area contributed by atoms with Crippen molar-refractivity contribution in [3.63, 3.8) is 0 Å². The van der Waals surface area contributed by atoms with Crippen molar-refractivity contribution in [2.75, 3.05) is 31.3 Å². The van der Waals surface area contributed by atoms with E-state index in [9.17, 15) is 4.79 Å². The van der Waals surface area contributed by atoms with E-state index < -0.39 is 0 Å². The van der Waals surface area contributed by atoms with Crippen LogP contribution in [0.15, 0.2) is 24.3 Å². The summed E-state index contributed by atoms with van der Waals surface area (Å²) in [6.07, 6.45) is 1.19. The molecule has 1 aromatic rings. The highest BCUT2D eigenvalue weighted by Gasteiger charge is 2.41. The second-order valence-corrected chi connectivity index (χ2v) is 6.58. The molecule has 2 aliphatic heterocycles. The number of thioether (sulfide) groups is 1. The van der Waals surface area contributed by atoms with Gasteiger partial charge in [-0.05, 0) is 30.7 Å². The van der Waals surface area contributed by atoms with Crippen LogP contribution in [0.5, 0.6) is 0 Å². The number of likely N-dealkylation sites (tertiary alicyclic amines) is 1. The second kappa shape index (κ2) is 4.50. The summed E-state index contributed by atoms with van der Waals surface area (Å²) in [6.45, 7) is 0.934. The molecule has 4 heteroatoms. The minimum Gasteiger partial charge on any atom is -0.378 e. The van der Waals surface area contributed by atoms with Gasteiger partial charge in [-0.2, -0.15) is 11.8 Å². The number of benzene rings is 1. The summed E-state index contributed by atoms with van der Waals surface area (Å²) in [4.78, 5) is 16.5. The number of hydrogen-bond donors (Lipinski definition) is 0. The predicted molar refractivity (Wildman–Crippen MR) is 76.5 cm³/mol. The zero-order valence-corrected chi connectivity index (χ0v) is 11.6. The van der Waals surface area contributed by atoms with Gasteiger partial charge >= 0.3 is 0 Å². The van der Waals surface area contributed by atoms with Gasteiger partial charge in [0.05, 0.1) is 0 Å². The first-order valence-electron chi connectivity index (χ1n) is 6.35. The van der Waals surface area contributed by atoms with E-state index in [2.05, 4.69) is 4.90 Å². The molecule has 0 aromatic heterocycles. The van der Waals surface area contributed by atoms with Gasteiger partial charge in [0.2, 0.25) is 0 Å². The van der Waals surface area contributed by atoms with Crippen molar-refractivity contribution in [3.8, 4) is 0 Å². The first-order valence-corrected chi connectivity index (χ1v) is 7.40. The van der Waals surface area contributed by atoms with Crippen LogP contribution in [0, 0.1) is 0 Å². The summed E-state index contributed by atoms with van der Waals surface area (Å²) in [5.74, 6) is 1.32. The van der Waals surface area contributed by atoms with Gasteiger partial charge in [-0.25, -0.2) is 0 Å². The van der Waals surface area contributed by atoms with E-state index >= 15 is 0 Å². The average molecular weight is 262 g/mol. The summed E-state index contributed by atoms with van der Waals surface area (Å²) >= 11 is 2.01. The van der Waals surface area contributed by atoms with E-state index in [0.717, 1.165) is 23.5 Å². The van der Waals surface area contributed by atoms with Gasteiger partial charge in [0.25, 0.3) is 5.91 Å². The molecule has 0 N–H and O–H groups in total. The maximum absolute atomic E-state index is 12.4. The molecule has 18 heavy (non-hydrogen) atoms. The zero-order valence-electron chi connectivity index (χ0n) is 10.8. The summed E-state index contributed by atoms with van der Waals surface area (Å²) in [6, 6.07) is 8.38. The quantitative estimate of drug-likeness (QED) is 0.815. The van der Waals surface area contributed by atoms with E-state index in [1.54, 1.807) is 0 Å². The largest absolute Gasteiger partial charge is 0.378 e. The predicted octanol–water partition coefficient (Wildman–Crippen LogP) is 2.08. The Morgan fingerprint density at radius 1 is 1.33 bits per heavy atom. The number of nitrogens with zero attached hydrogens (tertiary/aromatic N) is 2. The lowest BCUT2D eigenvalue weighted by atomic mass is 10.1. The van der Waals surface area contributed by atoms with Crippen molar-refractivity contribution < 1.29 is 4.79 Å². The number of rotatable bonds is 2. The molecule has 0 saturated carbocycles. The summed E-state index contributed by atoms with van der Waals surface area (Å²) in [5.41, 5.74) is 1.95. The molecule has 0 spiro atoms. The van der Waals surface area contributed by atoms with Crippen LogP contribution in [0.4, 0.5) is 5.69 Å². The summed E-state index contributed by atoms with van der Waals surface area (Å²) in [7, 11) is 4.01. The van der Waals surface area contributed by atoms with Gasteiger partial charge < -0.3 is 9.80 Å². The van der Waals surface area contributed by atoms with Gasteiger partial charge in [-0.15, -0.1) is 0 Å². The standard InChI is InChI=1S/C14H18N2OS/c1-15(2)11-5-3-10(4-6-11)14(17)16-8-13-7-12(16)9-18-13/h3-6,12-13H,7-9H2,1-2H3. The number of carbonyl (C=O) groups is 1. The fraction of sp³-hybridized carbons (Fsp3) is 0.500. The van der Waals surface area contributed by atoms with E-state index in [0.29, 0.717) is 11.3 Å². The number of hydrogen-bond acceptors (Lipinski definition) is 3. The zero-order chi connectivity index (χ0) is 12.7. The Kier molecular flexibility index (Phi) is 2.98. The Morgan fingerprint density at radius 3 is 2.56 bits per heavy atom. The molecule has 3 rings (SSSR count). The SMILES string of the molecule is CN(C)c1ccc(C(=O)N2CC3CC2CS3)cc1. The Morgan fingerprint density at radius 2 is 2.06 bits per heavy atom. The molecule has 2 aliphatic rings. The van der Waals surface area contributed by atoms with Crippen molar-refractivity contribution in [2.24, 2.45) is 0 Å². The van der Waals surface area contributed by atoms with Gasteiger partial charge in [0.15, 0.2) is 0 Å². The van der Waals surface area contributed by atoms with Crippen LogP contribution in [0.1, 0.15) is 16.8 Å². The monoisotopic (exact) mass is 262 g/mol. The first kappa shape index (κ1) is 11.9. The number of amides is 1. The summed E-state index contributed by atoms with van der Waals surface area (Å²) < 4.78 is 0. The molecule has 2 unspecified atom stereocenters. The maximum Gasteiger partial charge on any atom is 0.254 e. The van der Waals surface area contributed by atoms with E-state index in [1.807, 2.05) is 55.0 Å². The smallest absolute Gasteiger partial charge is 0.254 e. The van der Waals surface area contributed by atoms with Gasteiger partial charge in [0.1, 0.15) is 0 Å². The van der Waals surface area contributed by atoms with Gasteiger partial charge in [0, 0.05) is 48.9 Å². The molecular weight excluding hydrogens is 244 g/mol. The van der Waals surface area contributed by atoms with E-state index in [-0.39, 0.29) is 5.91 Å². The lowest BCUT2D eigenvalue weighted by Gasteiger charge is -2.26. The number of carbonyl (C=O) groups excluding carboxylic acids is 1. The Hall–Kier alpha value is -1.16. The van der Waals surface area contributed by atoms with Crippen molar-refractivity contribution in [2.45, 2.75) is 17.7 Å². The Labute approximate surface area is 112 Å². The molecule has 2 heterocycles. The highest BCUT2D eigenvalue weighted by atomic mass is 32.2. The van der Waals surface area contributed by atoms with Crippen LogP contribution in [0.3, 0.4) is 0 Å². The van der Waals surface area contributed by atoms with E-state index in [1.165, 1.54) is 6.42 Å². The van der Waals surface area contributed by atoms with Crippen LogP contribution >= 0.6 is 11.8 Å². The normalized spacial score (nSPS) is 25.6. The maximum atomic E-state index is 12.4. The summed E-state index contributed by atoms with van der Waals surface area (Å²) in [5, 5.41) is 0.681. The lowest BCUT2D eigenvalue weighted by Crippen LogP contribution is -2.39. The van der Waals surface area contributed by atoms with Crippen molar-refractivity contribution in [3.05, 3.63) is 29.8 Å². The lowest BCUT2D eigenvalue weighted by molar-refractivity contribution is 0.0747. The third-order valence-electron chi connectivity index (χ3n) is 3.79. The molecule has 2 saturated heterocycles. The highest BCUT2D eigenvalue weighted by molar-refractivity contribution is 8.00. The van der Waals surface area contributed by atoms with Gasteiger partial charge in [-0.3, -0.25) is 4.79 Å². The number of anilines is 1. The molecule has 0 radical (unpaired) electrons. The fourth-order valence-corrected chi connectivity index (χ4v) is 4.15. The molecule has 3 nitrogen and oxygen atoms in total. The molecule has 0 aliphatic carbocycles. The first-order chi connectivity index (χ1) is 8.65. The van der Waals surface area contributed by atoms with Crippen LogP contribution in [0.2, 0.25) is 0 Å². The van der Waals surface area contributed by atoms with Crippen LogP contribution < -0.4 is 4.90 Å². The molecule has 1 aromatic carbocycles. The van der Waals surface area contributed by atoms with E-state index in [4.69, 9.17) is 0 Å².